The Morgan fingerprint density at radius 3 is 2.85 bits per heavy atom. The second-order valence-corrected chi connectivity index (χ2v) is 5.69. The third-order valence-corrected chi connectivity index (χ3v) is 3.81. The fourth-order valence-corrected chi connectivity index (χ4v) is 3.12. The Bertz CT molecular complexity index is 302. The molecule has 72 valence electrons. The van der Waals surface area contributed by atoms with E-state index in [0.717, 1.165) is 6.42 Å². The van der Waals surface area contributed by atoms with Crippen LogP contribution in [0.1, 0.15) is 11.8 Å². The van der Waals surface area contributed by atoms with Gasteiger partial charge in [-0.1, -0.05) is 36.2 Å². The smallest absolute Gasteiger partial charge is 0.103 e. The fourth-order valence-electron chi connectivity index (χ4n) is 1.04. The van der Waals surface area contributed by atoms with Crippen molar-refractivity contribution in [2.24, 2.45) is 5.92 Å². The minimum absolute atomic E-state index is 0.347. The summed E-state index contributed by atoms with van der Waals surface area (Å²) < 4.78 is 1.52. The Kier molecular flexibility index (Phi) is 4.81. The van der Waals surface area contributed by atoms with Gasteiger partial charge in [-0.05, 0) is 39.7 Å². The van der Waals surface area contributed by atoms with E-state index in [-0.39, 0.29) is 0 Å². The summed E-state index contributed by atoms with van der Waals surface area (Å²) in [4.78, 5) is 1.33. The van der Waals surface area contributed by atoms with Crippen LogP contribution in [-0.2, 0) is 6.42 Å². The molecule has 0 radical (unpaired) electrons. The van der Waals surface area contributed by atoms with Crippen LogP contribution in [-0.4, -0.2) is 0 Å². The molecule has 0 N–H and O–H groups in total. The molecule has 1 aromatic heterocycles. The van der Waals surface area contributed by atoms with E-state index in [2.05, 4.69) is 34.3 Å². The number of thiophene rings is 1. The molecule has 13 heavy (non-hydrogen) atoms. The zero-order valence-electron chi connectivity index (χ0n) is 7.06. The largest absolute Gasteiger partial charge is 0.148 e. The van der Waals surface area contributed by atoms with Crippen LogP contribution in [0.4, 0.5) is 0 Å². The van der Waals surface area contributed by atoms with Gasteiger partial charge in [0.2, 0.25) is 0 Å². The summed E-state index contributed by atoms with van der Waals surface area (Å²) in [7, 11) is 0. The van der Waals surface area contributed by atoms with E-state index in [1.54, 1.807) is 11.3 Å². The summed E-state index contributed by atoms with van der Waals surface area (Å²) in [6.45, 7) is 2.09. The van der Waals surface area contributed by atoms with E-state index in [0.29, 0.717) is 10.4 Å². The van der Waals surface area contributed by atoms with Crippen molar-refractivity contribution in [2.45, 2.75) is 13.3 Å². The molecule has 1 unspecified atom stereocenters. The summed E-state index contributed by atoms with van der Waals surface area (Å²) in [6, 6.07) is 2.05. The first-order valence-corrected chi connectivity index (χ1v) is 6.27. The van der Waals surface area contributed by atoms with Gasteiger partial charge in [-0.15, -0.1) is 11.3 Å². The van der Waals surface area contributed by atoms with Gasteiger partial charge in [0.05, 0.1) is 0 Å². The second-order valence-electron chi connectivity index (χ2n) is 2.83. The molecule has 0 amide bonds. The van der Waals surface area contributed by atoms with Gasteiger partial charge in [-0.25, -0.2) is 0 Å². The minimum atomic E-state index is 0.347. The molecule has 0 bridgehead atoms. The van der Waals surface area contributed by atoms with Crippen molar-refractivity contribution in [1.29, 1.82) is 0 Å². The zero-order valence-corrected chi connectivity index (χ0v) is 11.0. The van der Waals surface area contributed by atoms with Gasteiger partial charge in [-0.3, -0.25) is 0 Å². The predicted octanol–water partition coefficient (Wildman–Crippen LogP) is 5.01. The van der Waals surface area contributed by atoms with Crippen LogP contribution in [0.3, 0.4) is 0 Å². The highest BCUT2D eigenvalue weighted by Gasteiger charge is 2.05. The topological polar surface area (TPSA) is 0 Å². The molecule has 0 spiro atoms. The minimum Gasteiger partial charge on any atom is -0.148 e. The van der Waals surface area contributed by atoms with Gasteiger partial charge >= 0.3 is 0 Å². The molecule has 1 atom stereocenters. The number of rotatable bonds is 3. The average Bonchev–Trinajstić information content (AvgIpc) is 2.34. The molecule has 0 saturated heterocycles. The Balaban J connectivity index is 2.60. The molecule has 1 aromatic rings. The molecule has 0 aliphatic carbocycles. The number of hydrogen-bond donors (Lipinski definition) is 0. The normalized spacial score (nSPS) is 12.6. The molecule has 0 fully saturated rings. The zero-order chi connectivity index (χ0) is 9.84. The quantitative estimate of drug-likeness (QED) is 0.736. The van der Waals surface area contributed by atoms with Gasteiger partial charge in [0.1, 0.15) is 4.49 Å². The summed E-state index contributed by atoms with van der Waals surface area (Å²) in [5.41, 5.74) is 0. The maximum atomic E-state index is 5.57. The Morgan fingerprint density at radius 2 is 2.38 bits per heavy atom. The average molecular weight is 300 g/mol. The molecule has 1 rings (SSSR count). The Hall–Kier alpha value is 0.500. The van der Waals surface area contributed by atoms with Gasteiger partial charge in [0.25, 0.3) is 0 Å². The first kappa shape index (κ1) is 11.6. The fraction of sp³-hybridized carbons (Fsp3) is 0.333. The van der Waals surface area contributed by atoms with E-state index in [4.69, 9.17) is 23.2 Å². The maximum Gasteiger partial charge on any atom is 0.103 e. The highest BCUT2D eigenvalue weighted by molar-refractivity contribution is 9.10. The maximum absolute atomic E-state index is 5.57. The van der Waals surface area contributed by atoms with Crippen LogP contribution in [0.25, 0.3) is 0 Å². The van der Waals surface area contributed by atoms with Crippen LogP contribution in [0.15, 0.2) is 26.5 Å². The van der Waals surface area contributed by atoms with Crippen molar-refractivity contribution >= 4 is 50.5 Å². The third-order valence-electron chi connectivity index (χ3n) is 1.61. The van der Waals surface area contributed by atoms with Crippen molar-refractivity contribution in [3.8, 4) is 0 Å². The Labute approximate surface area is 101 Å². The standard InChI is InChI=1S/C9H9BrCl2S/c1-6(5-9(11)12)4-8-7(10)2-3-13-8/h2-3,5-6H,4H2,1H3. The van der Waals surface area contributed by atoms with Gasteiger partial charge in [0, 0.05) is 9.35 Å². The van der Waals surface area contributed by atoms with Crippen molar-refractivity contribution < 1.29 is 0 Å². The van der Waals surface area contributed by atoms with E-state index in [1.807, 2.05) is 6.08 Å². The van der Waals surface area contributed by atoms with Gasteiger partial charge < -0.3 is 0 Å². The third kappa shape index (κ3) is 4.03. The predicted molar refractivity (Wildman–Crippen MR) is 64.7 cm³/mol. The van der Waals surface area contributed by atoms with Crippen molar-refractivity contribution in [2.75, 3.05) is 0 Å². The van der Waals surface area contributed by atoms with Crippen molar-refractivity contribution in [3.05, 3.63) is 31.4 Å². The van der Waals surface area contributed by atoms with Crippen molar-refractivity contribution in [3.63, 3.8) is 0 Å². The number of halogens is 3. The molecule has 1 heterocycles. The molecule has 0 saturated carbocycles. The molecule has 0 nitrogen and oxygen atoms in total. The van der Waals surface area contributed by atoms with Crippen LogP contribution in [0, 0.1) is 5.92 Å². The lowest BCUT2D eigenvalue weighted by atomic mass is 10.1. The van der Waals surface area contributed by atoms with Gasteiger partial charge in [0.15, 0.2) is 0 Å². The summed E-state index contributed by atoms with van der Waals surface area (Å²) in [5, 5.41) is 2.07. The molecule has 4 heteroatoms. The number of allylic oxidation sites excluding steroid dienone is 1. The first-order chi connectivity index (χ1) is 6.09. The highest BCUT2D eigenvalue weighted by Crippen LogP contribution is 2.26. The van der Waals surface area contributed by atoms with Crippen LogP contribution >= 0.6 is 50.5 Å². The summed E-state index contributed by atoms with van der Waals surface area (Å²) >= 11 is 16.4. The molecule has 0 aliphatic rings. The summed E-state index contributed by atoms with van der Waals surface area (Å²) in [6.07, 6.45) is 2.83. The van der Waals surface area contributed by atoms with Gasteiger partial charge in [-0.2, -0.15) is 0 Å². The molecule has 0 aromatic carbocycles. The van der Waals surface area contributed by atoms with E-state index >= 15 is 0 Å². The molecule has 0 aliphatic heterocycles. The first-order valence-electron chi connectivity index (χ1n) is 3.84. The van der Waals surface area contributed by atoms with Crippen molar-refractivity contribution in [1.82, 2.24) is 0 Å². The lowest BCUT2D eigenvalue weighted by Crippen LogP contribution is -1.94. The SMILES string of the molecule is CC(C=C(Cl)Cl)Cc1sccc1Br. The highest BCUT2D eigenvalue weighted by atomic mass is 79.9. The molecular formula is C9H9BrCl2S. The monoisotopic (exact) mass is 298 g/mol. The lowest BCUT2D eigenvalue weighted by molar-refractivity contribution is 0.731. The van der Waals surface area contributed by atoms with E-state index in [9.17, 15) is 0 Å². The summed E-state index contributed by atoms with van der Waals surface area (Å²) in [5.74, 6) is 0.375. The van der Waals surface area contributed by atoms with E-state index in [1.165, 1.54) is 9.35 Å². The second kappa shape index (κ2) is 5.40. The van der Waals surface area contributed by atoms with Crippen LogP contribution in [0.2, 0.25) is 0 Å². The lowest BCUT2D eigenvalue weighted by Gasteiger charge is -2.04. The van der Waals surface area contributed by atoms with Crippen LogP contribution in [0.5, 0.6) is 0 Å². The number of hydrogen-bond acceptors (Lipinski definition) is 1. The Morgan fingerprint density at radius 1 is 1.69 bits per heavy atom. The van der Waals surface area contributed by atoms with E-state index < -0.39 is 0 Å². The van der Waals surface area contributed by atoms with Crippen LogP contribution < -0.4 is 0 Å². The molecular weight excluding hydrogens is 291 g/mol.